The van der Waals surface area contributed by atoms with Gasteiger partial charge in [0.05, 0.1) is 11.7 Å². The summed E-state index contributed by atoms with van der Waals surface area (Å²) < 4.78 is 33.2. The topological polar surface area (TPSA) is 92.5 Å². The van der Waals surface area contributed by atoms with Crippen LogP contribution >= 0.6 is 0 Å². The number of hydrogen-bond acceptors (Lipinski definition) is 5. The standard InChI is InChI=1S/C17H21N3O4S/c1-11-6-7-14(18-13(3)21)17(9-11)25(22,23)20-8-4-5-16(20)15-10-12(2)24-19-15/h6-7,9-10,16H,4-5,8H2,1-3H3,(H,18,21)/t16-/m1/s1. The van der Waals surface area contributed by atoms with E-state index in [0.29, 0.717) is 30.1 Å². The average molecular weight is 363 g/mol. The summed E-state index contributed by atoms with van der Waals surface area (Å²) in [6, 6.07) is 6.39. The Morgan fingerprint density at radius 2 is 2.08 bits per heavy atom. The zero-order valence-electron chi connectivity index (χ0n) is 14.4. The van der Waals surface area contributed by atoms with E-state index in [1.807, 2.05) is 6.92 Å². The Morgan fingerprint density at radius 3 is 2.72 bits per heavy atom. The van der Waals surface area contributed by atoms with Crippen molar-refractivity contribution in [3.63, 3.8) is 0 Å². The van der Waals surface area contributed by atoms with E-state index in [0.717, 1.165) is 12.0 Å². The fourth-order valence-electron chi connectivity index (χ4n) is 3.13. The van der Waals surface area contributed by atoms with Gasteiger partial charge in [-0.05, 0) is 44.4 Å². The summed E-state index contributed by atoms with van der Waals surface area (Å²) in [5.41, 5.74) is 1.72. The highest BCUT2D eigenvalue weighted by Gasteiger charge is 2.39. The number of nitrogens with zero attached hydrogens (tertiary/aromatic N) is 2. The number of rotatable bonds is 4. The van der Waals surface area contributed by atoms with Crippen molar-refractivity contribution in [2.24, 2.45) is 0 Å². The minimum atomic E-state index is -3.79. The van der Waals surface area contributed by atoms with E-state index in [4.69, 9.17) is 4.52 Å². The first-order valence-electron chi connectivity index (χ1n) is 8.12. The van der Waals surface area contributed by atoms with Crippen LogP contribution < -0.4 is 5.32 Å². The summed E-state index contributed by atoms with van der Waals surface area (Å²) in [4.78, 5) is 11.6. The van der Waals surface area contributed by atoms with Crippen LogP contribution in [0.3, 0.4) is 0 Å². The molecule has 0 radical (unpaired) electrons. The number of carbonyl (C=O) groups excluding carboxylic acids is 1. The molecule has 0 aliphatic carbocycles. The smallest absolute Gasteiger partial charge is 0.245 e. The zero-order chi connectivity index (χ0) is 18.2. The number of anilines is 1. The van der Waals surface area contributed by atoms with E-state index >= 15 is 0 Å². The van der Waals surface area contributed by atoms with Crippen molar-refractivity contribution in [1.29, 1.82) is 0 Å². The first kappa shape index (κ1) is 17.6. The molecule has 1 fully saturated rings. The van der Waals surface area contributed by atoms with Gasteiger partial charge in [-0.3, -0.25) is 4.79 Å². The van der Waals surface area contributed by atoms with Gasteiger partial charge in [-0.15, -0.1) is 0 Å². The number of hydrogen-bond donors (Lipinski definition) is 1. The summed E-state index contributed by atoms with van der Waals surface area (Å²) in [5, 5.41) is 6.60. The van der Waals surface area contributed by atoms with E-state index in [1.165, 1.54) is 11.2 Å². The quantitative estimate of drug-likeness (QED) is 0.902. The van der Waals surface area contributed by atoms with Crippen LogP contribution in [0.4, 0.5) is 5.69 Å². The van der Waals surface area contributed by atoms with Gasteiger partial charge in [0, 0.05) is 19.5 Å². The molecule has 0 bridgehead atoms. The molecule has 8 heteroatoms. The molecule has 3 rings (SSSR count). The van der Waals surface area contributed by atoms with Gasteiger partial charge >= 0.3 is 0 Å². The molecule has 0 unspecified atom stereocenters. The minimum absolute atomic E-state index is 0.106. The summed E-state index contributed by atoms with van der Waals surface area (Å²) in [6.07, 6.45) is 1.43. The Kier molecular flexibility index (Phi) is 4.66. The van der Waals surface area contributed by atoms with Gasteiger partial charge in [-0.2, -0.15) is 4.31 Å². The van der Waals surface area contributed by atoms with Crippen LogP contribution in [0.1, 0.15) is 42.8 Å². The lowest BCUT2D eigenvalue weighted by Crippen LogP contribution is -2.31. The van der Waals surface area contributed by atoms with Gasteiger partial charge in [0.15, 0.2) is 0 Å². The van der Waals surface area contributed by atoms with Crippen molar-refractivity contribution in [2.45, 2.75) is 44.6 Å². The number of aryl methyl sites for hydroxylation is 2. The van der Waals surface area contributed by atoms with Crippen molar-refractivity contribution in [3.05, 3.63) is 41.3 Å². The van der Waals surface area contributed by atoms with Gasteiger partial charge < -0.3 is 9.84 Å². The Hall–Kier alpha value is -2.19. The van der Waals surface area contributed by atoms with E-state index < -0.39 is 10.0 Å². The van der Waals surface area contributed by atoms with Crippen LogP contribution in [0.5, 0.6) is 0 Å². The maximum absolute atomic E-state index is 13.3. The first-order valence-corrected chi connectivity index (χ1v) is 9.56. The van der Waals surface area contributed by atoms with Gasteiger partial charge in [0.25, 0.3) is 0 Å². The van der Waals surface area contributed by atoms with Crippen LogP contribution in [0.2, 0.25) is 0 Å². The Labute approximate surface area is 147 Å². The minimum Gasteiger partial charge on any atom is -0.361 e. The van der Waals surface area contributed by atoms with Crippen molar-refractivity contribution in [1.82, 2.24) is 9.46 Å². The number of nitrogens with one attached hydrogen (secondary N) is 1. The maximum atomic E-state index is 13.3. The van der Waals surface area contributed by atoms with Crippen molar-refractivity contribution >= 4 is 21.6 Å². The third kappa shape index (κ3) is 3.45. The SMILES string of the molecule is CC(=O)Nc1ccc(C)cc1S(=O)(=O)N1CCC[C@@H]1c1cc(C)on1. The molecule has 1 N–H and O–H groups in total. The molecule has 1 aromatic heterocycles. The van der Waals surface area contributed by atoms with E-state index in [2.05, 4.69) is 10.5 Å². The molecular weight excluding hydrogens is 342 g/mol. The lowest BCUT2D eigenvalue weighted by molar-refractivity contribution is -0.114. The van der Waals surface area contributed by atoms with Crippen LogP contribution in [0.15, 0.2) is 33.7 Å². The number of sulfonamides is 1. The average Bonchev–Trinajstić information content (AvgIpc) is 3.17. The van der Waals surface area contributed by atoms with Crippen LogP contribution in [-0.2, 0) is 14.8 Å². The third-order valence-corrected chi connectivity index (χ3v) is 6.17. The molecule has 1 aliphatic rings. The monoisotopic (exact) mass is 363 g/mol. The highest BCUT2D eigenvalue weighted by atomic mass is 32.2. The van der Waals surface area contributed by atoms with Gasteiger partial charge in [-0.25, -0.2) is 8.42 Å². The molecule has 2 aromatic rings. The molecule has 0 saturated carbocycles. The number of carbonyl (C=O) groups is 1. The number of aromatic nitrogens is 1. The van der Waals surface area contributed by atoms with Gasteiger partial charge in [0.2, 0.25) is 15.9 Å². The van der Waals surface area contributed by atoms with Crippen LogP contribution in [0, 0.1) is 13.8 Å². The van der Waals surface area contributed by atoms with Crippen molar-refractivity contribution in [2.75, 3.05) is 11.9 Å². The lowest BCUT2D eigenvalue weighted by Gasteiger charge is -2.24. The molecule has 1 amide bonds. The summed E-state index contributed by atoms with van der Waals surface area (Å²) in [5.74, 6) is 0.333. The second kappa shape index (κ2) is 6.61. The molecule has 1 saturated heterocycles. The van der Waals surface area contributed by atoms with E-state index in [-0.39, 0.29) is 16.8 Å². The summed E-state index contributed by atoms with van der Waals surface area (Å²) in [6.45, 7) is 5.36. The molecular formula is C17H21N3O4S. The molecule has 7 nitrogen and oxygen atoms in total. The highest BCUT2D eigenvalue weighted by Crippen LogP contribution is 2.38. The predicted octanol–water partition coefficient (Wildman–Crippen LogP) is 2.78. The second-order valence-electron chi connectivity index (χ2n) is 6.32. The summed E-state index contributed by atoms with van der Waals surface area (Å²) in [7, 11) is -3.79. The molecule has 1 aliphatic heterocycles. The van der Waals surface area contributed by atoms with E-state index in [9.17, 15) is 13.2 Å². The largest absolute Gasteiger partial charge is 0.361 e. The van der Waals surface area contributed by atoms with Crippen LogP contribution in [0.25, 0.3) is 0 Å². The van der Waals surface area contributed by atoms with Gasteiger partial charge in [-0.1, -0.05) is 11.2 Å². The number of benzene rings is 1. The highest BCUT2D eigenvalue weighted by molar-refractivity contribution is 7.89. The molecule has 0 spiro atoms. The molecule has 1 aromatic carbocycles. The zero-order valence-corrected chi connectivity index (χ0v) is 15.3. The van der Waals surface area contributed by atoms with Gasteiger partial charge in [0.1, 0.15) is 16.3 Å². The molecule has 134 valence electrons. The van der Waals surface area contributed by atoms with Crippen molar-refractivity contribution < 1.29 is 17.7 Å². The molecule has 25 heavy (non-hydrogen) atoms. The molecule has 2 heterocycles. The second-order valence-corrected chi connectivity index (χ2v) is 8.18. The Bertz CT molecular complexity index is 904. The Balaban J connectivity index is 2.04. The fraction of sp³-hybridized carbons (Fsp3) is 0.412. The van der Waals surface area contributed by atoms with Crippen LogP contribution in [-0.4, -0.2) is 30.3 Å². The maximum Gasteiger partial charge on any atom is 0.245 e. The van der Waals surface area contributed by atoms with E-state index in [1.54, 1.807) is 31.2 Å². The molecule has 1 atom stereocenters. The lowest BCUT2D eigenvalue weighted by atomic mass is 10.1. The predicted molar refractivity (Wildman–Crippen MR) is 92.6 cm³/mol. The fourth-order valence-corrected chi connectivity index (χ4v) is 5.03. The number of amides is 1. The normalized spacial score (nSPS) is 18.4. The van der Waals surface area contributed by atoms with Crippen molar-refractivity contribution in [3.8, 4) is 0 Å². The summed E-state index contributed by atoms with van der Waals surface area (Å²) >= 11 is 0. The Morgan fingerprint density at radius 1 is 1.32 bits per heavy atom. The first-order chi connectivity index (χ1) is 11.8. The third-order valence-electron chi connectivity index (χ3n) is 4.23.